The molecule has 0 amide bonds. The predicted octanol–water partition coefficient (Wildman–Crippen LogP) is 4.91. The highest BCUT2D eigenvalue weighted by molar-refractivity contribution is 6.74. The maximum Gasteiger partial charge on any atom is 0.228 e. The van der Waals surface area contributed by atoms with Gasteiger partial charge in [-0.2, -0.15) is 0 Å². The molecule has 1 saturated heterocycles. The fraction of sp³-hybridized carbons (Fsp3) is 0.727. The van der Waals surface area contributed by atoms with Crippen LogP contribution in [0.5, 0.6) is 0 Å². The Balaban J connectivity index is 2.75. The van der Waals surface area contributed by atoms with Crippen LogP contribution in [0, 0.1) is 11.3 Å². The smallest absolute Gasteiger partial charge is 0.228 e. The van der Waals surface area contributed by atoms with Gasteiger partial charge in [0.15, 0.2) is 8.32 Å². The topological polar surface area (TPSA) is 57.9 Å². The van der Waals surface area contributed by atoms with Crippen molar-refractivity contribution in [3.05, 3.63) is 24.8 Å². The molecule has 0 radical (unpaired) electrons. The average Bonchev–Trinajstić information content (AvgIpc) is 2.55. The zero-order valence-corrected chi connectivity index (χ0v) is 20.2. The van der Waals surface area contributed by atoms with Crippen LogP contribution in [0.4, 0.5) is 0 Å². The van der Waals surface area contributed by atoms with Gasteiger partial charge in [0.2, 0.25) is 5.90 Å². The number of methoxy groups -OCH3 is 1. The van der Waals surface area contributed by atoms with Gasteiger partial charge >= 0.3 is 0 Å². The summed E-state index contributed by atoms with van der Waals surface area (Å²) < 4.78 is 11.7. The summed E-state index contributed by atoms with van der Waals surface area (Å²) in [7, 11) is -0.194. The first kappa shape index (κ1) is 24.8. The first-order valence-corrected chi connectivity index (χ1v) is 13.2. The summed E-state index contributed by atoms with van der Waals surface area (Å²) in [6.45, 7) is 21.9. The number of ether oxygens (including phenoxy) is 1. The van der Waals surface area contributed by atoms with E-state index in [9.17, 15) is 0 Å². The molecule has 0 saturated carbocycles. The Kier molecular flexibility index (Phi) is 9.31. The zero-order valence-electron chi connectivity index (χ0n) is 19.2. The van der Waals surface area contributed by atoms with Gasteiger partial charge in [-0.25, -0.2) is 0 Å². The lowest BCUT2D eigenvalue weighted by atomic mass is 10.0. The van der Waals surface area contributed by atoms with Crippen molar-refractivity contribution >= 4 is 19.9 Å². The fourth-order valence-corrected chi connectivity index (χ4v) is 4.14. The van der Waals surface area contributed by atoms with Crippen molar-refractivity contribution in [1.82, 2.24) is 4.90 Å². The number of nitrogens with one attached hydrogen (secondary N) is 1. The standard InChI is InChI=1S/C22H41N3O2Si/c1-10-11-12-13-19(17(2)3)24-20(21(23)26-7)16-25-14-18(15-25)27-28(8,9)22(4,5)6/h10-12,17-19,23H,1,13-16H2,2-9H3/b12-11-,23-21?,24-20?/t19-/m0/s1. The first-order valence-electron chi connectivity index (χ1n) is 10.3. The van der Waals surface area contributed by atoms with Gasteiger partial charge in [0.1, 0.15) is 5.71 Å². The molecule has 0 aliphatic carbocycles. The van der Waals surface area contributed by atoms with E-state index >= 15 is 0 Å². The van der Waals surface area contributed by atoms with Crippen LogP contribution < -0.4 is 0 Å². The van der Waals surface area contributed by atoms with Crippen molar-refractivity contribution in [1.29, 1.82) is 5.41 Å². The molecule has 5 nitrogen and oxygen atoms in total. The molecule has 1 atom stereocenters. The highest BCUT2D eigenvalue weighted by Crippen LogP contribution is 2.38. The van der Waals surface area contributed by atoms with E-state index in [1.807, 2.05) is 6.08 Å². The number of likely N-dealkylation sites (tertiary alicyclic amines) is 1. The maximum absolute atomic E-state index is 8.17. The van der Waals surface area contributed by atoms with Crippen LogP contribution in [0.15, 0.2) is 29.8 Å². The molecule has 0 aromatic carbocycles. The van der Waals surface area contributed by atoms with Crippen LogP contribution in [-0.2, 0) is 9.16 Å². The molecule has 1 rings (SSSR count). The van der Waals surface area contributed by atoms with Crippen LogP contribution in [-0.4, -0.2) is 63.7 Å². The van der Waals surface area contributed by atoms with E-state index in [0.717, 1.165) is 25.2 Å². The lowest BCUT2D eigenvalue weighted by Gasteiger charge is -2.46. The van der Waals surface area contributed by atoms with Crippen LogP contribution in [0.25, 0.3) is 0 Å². The molecule has 160 valence electrons. The quantitative estimate of drug-likeness (QED) is 0.242. The lowest BCUT2D eigenvalue weighted by molar-refractivity contribution is 0.0212. The molecule has 1 aliphatic rings. The summed E-state index contributed by atoms with van der Waals surface area (Å²) in [4.78, 5) is 7.18. The van der Waals surface area contributed by atoms with E-state index in [-0.39, 0.29) is 23.1 Å². The Labute approximate surface area is 173 Å². The summed E-state index contributed by atoms with van der Waals surface area (Å²) >= 11 is 0. The third-order valence-corrected chi connectivity index (χ3v) is 10.3. The van der Waals surface area contributed by atoms with E-state index in [1.165, 1.54) is 0 Å². The molecule has 1 N–H and O–H groups in total. The maximum atomic E-state index is 8.17. The van der Waals surface area contributed by atoms with Crippen LogP contribution in [0.2, 0.25) is 18.1 Å². The Morgan fingerprint density at radius 3 is 2.39 bits per heavy atom. The monoisotopic (exact) mass is 407 g/mol. The summed E-state index contributed by atoms with van der Waals surface area (Å²) in [5.74, 6) is 0.548. The van der Waals surface area contributed by atoms with Gasteiger partial charge < -0.3 is 9.16 Å². The molecule has 0 unspecified atom stereocenters. The van der Waals surface area contributed by atoms with Gasteiger partial charge in [-0.05, 0) is 30.5 Å². The second-order valence-corrected chi connectivity index (χ2v) is 14.3. The van der Waals surface area contributed by atoms with Crippen molar-refractivity contribution in [2.45, 2.75) is 71.3 Å². The number of nitrogens with zero attached hydrogens (tertiary/aromatic N) is 2. The summed E-state index contributed by atoms with van der Waals surface area (Å²) in [6, 6.07) is 0.127. The van der Waals surface area contributed by atoms with Crippen molar-refractivity contribution in [3.8, 4) is 0 Å². The Morgan fingerprint density at radius 1 is 1.32 bits per heavy atom. The molecule has 0 spiro atoms. The number of rotatable bonds is 10. The highest BCUT2D eigenvalue weighted by atomic mass is 28.4. The van der Waals surface area contributed by atoms with Gasteiger partial charge in [-0.1, -0.05) is 59.4 Å². The molecule has 28 heavy (non-hydrogen) atoms. The molecule has 1 aliphatic heterocycles. The SMILES string of the molecule is C=C/C=C\C[C@H](N=C(CN1CC(O[Si](C)(C)C(C)(C)C)C1)C(=N)OC)C(C)C. The molecule has 0 aromatic rings. The minimum absolute atomic E-state index is 0.127. The normalized spacial score (nSPS) is 18.4. The molecule has 0 bridgehead atoms. The molecule has 6 heteroatoms. The van der Waals surface area contributed by atoms with E-state index in [1.54, 1.807) is 13.2 Å². The zero-order chi connectivity index (χ0) is 21.5. The van der Waals surface area contributed by atoms with Crippen LogP contribution in [0.3, 0.4) is 0 Å². The third kappa shape index (κ3) is 7.30. The van der Waals surface area contributed by atoms with Gasteiger partial charge in [0.25, 0.3) is 0 Å². The molecule has 1 fully saturated rings. The Hall–Kier alpha value is -1.24. The van der Waals surface area contributed by atoms with Crippen LogP contribution in [0.1, 0.15) is 41.0 Å². The van der Waals surface area contributed by atoms with E-state index in [4.69, 9.17) is 19.6 Å². The molecule has 0 aromatic heterocycles. The summed E-state index contributed by atoms with van der Waals surface area (Å²) in [5.41, 5.74) is 0.721. The second-order valence-electron chi connectivity index (χ2n) is 9.51. The predicted molar refractivity (Wildman–Crippen MR) is 123 cm³/mol. The van der Waals surface area contributed by atoms with Gasteiger partial charge in [-0.15, -0.1) is 0 Å². The second kappa shape index (κ2) is 10.5. The van der Waals surface area contributed by atoms with E-state index in [0.29, 0.717) is 12.5 Å². The molecular formula is C22H41N3O2Si. The fourth-order valence-electron chi connectivity index (χ4n) is 2.81. The molecule has 1 heterocycles. The number of hydrogen-bond donors (Lipinski definition) is 1. The van der Waals surface area contributed by atoms with Crippen molar-refractivity contribution in [2.75, 3.05) is 26.7 Å². The Morgan fingerprint density at radius 2 is 1.93 bits per heavy atom. The number of allylic oxidation sites excluding steroid dienone is 2. The highest BCUT2D eigenvalue weighted by Gasteiger charge is 2.42. The van der Waals surface area contributed by atoms with E-state index in [2.05, 4.69) is 65.3 Å². The molecular weight excluding hydrogens is 366 g/mol. The minimum Gasteiger partial charge on any atom is -0.480 e. The minimum atomic E-state index is -1.74. The Bertz CT molecular complexity index is 585. The van der Waals surface area contributed by atoms with E-state index < -0.39 is 8.32 Å². The average molecular weight is 408 g/mol. The lowest BCUT2D eigenvalue weighted by Crippen LogP contribution is -2.59. The first-order chi connectivity index (χ1) is 12.9. The van der Waals surface area contributed by atoms with Gasteiger partial charge in [-0.3, -0.25) is 15.3 Å². The van der Waals surface area contributed by atoms with Crippen LogP contribution >= 0.6 is 0 Å². The van der Waals surface area contributed by atoms with Crippen molar-refractivity contribution in [2.24, 2.45) is 10.9 Å². The summed E-state index contributed by atoms with van der Waals surface area (Å²) in [5, 5.41) is 8.40. The van der Waals surface area contributed by atoms with Crippen molar-refractivity contribution in [3.63, 3.8) is 0 Å². The van der Waals surface area contributed by atoms with Crippen molar-refractivity contribution < 1.29 is 9.16 Å². The summed E-state index contributed by atoms with van der Waals surface area (Å²) in [6.07, 6.45) is 6.94. The number of hydrogen-bond acceptors (Lipinski definition) is 5. The van der Waals surface area contributed by atoms with Gasteiger partial charge in [0.05, 0.1) is 19.3 Å². The number of aliphatic imine (C=N–C) groups is 1. The third-order valence-electron chi connectivity index (χ3n) is 5.77. The largest absolute Gasteiger partial charge is 0.480 e. The van der Waals surface area contributed by atoms with Gasteiger partial charge in [0, 0.05) is 19.6 Å².